The van der Waals surface area contributed by atoms with Crippen molar-refractivity contribution in [2.45, 2.75) is 44.9 Å². The zero-order chi connectivity index (χ0) is 25.3. The molecular formula is C27H37N5O4. The maximum absolute atomic E-state index is 10.4. The first-order chi connectivity index (χ1) is 17.4. The van der Waals surface area contributed by atoms with Crippen LogP contribution in [0.2, 0.25) is 0 Å². The monoisotopic (exact) mass is 495 g/mol. The number of hydrogen-bond donors (Lipinski definition) is 3. The standard InChI is InChI=1S/C27H37N5O4/c1-19(2)29-27(3,18-33)22-6-4-20(5-7-22)21-14-25-24(8-9-28-32(25)15-21)30-10-12-31(13-11-30)26(34)36-23-16-35-17-23/h4-9,14-15,19,23,26,29,33-34H,10-13,16-18H2,1-3H3. The van der Waals surface area contributed by atoms with Crippen molar-refractivity contribution in [3.05, 3.63) is 54.4 Å². The van der Waals surface area contributed by atoms with Gasteiger partial charge < -0.3 is 29.9 Å². The highest BCUT2D eigenvalue weighted by Gasteiger charge is 2.29. The average Bonchev–Trinajstić information content (AvgIpc) is 3.30. The van der Waals surface area contributed by atoms with Crippen LogP contribution in [0.15, 0.2) is 48.8 Å². The van der Waals surface area contributed by atoms with Gasteiger partial charge in [-0.1, -0.05) is 24.3 Å². The fourth-order valence-corrected chi connectivity index (χ4v) is 5.05. The number of fused-ring (bicyclic) bond motifs is 1. The van der Waals surface area contributed by atoms with Crippen molar-refractivity contribution in [3.8, 4) is 11.1 Å². The van der Waals surface area contributed by atoms with Crippen molar-refractivity contribution in [1.29, 1.82) is 0 Å². The van der Waals surface area contributed by atoms with Crippen LogP contribution in [0.4, 0.5) is 5.69 Å². The Morgan fingerprint density at radius 2 is 1.83 bits per heavy atom. The highest BCUT2D eigenvalue weighted by atomic mass is 16.7. The van der Waals surface area contributed by atoms with Gasteiger partial charge in [0.05, 0.1) is 36.6 Å². The summed E-state index contributed by atoms with van der Waals surface area (Å²) in [6.07, 6.45) is 3.00. The van der Waals surface area contributed by atoms with Gasteiger partial charge in [0, 0.05) is 50.2 Å². The van der Waals surface area contributed by atoms with Crippen molar-refractivity contribution >= 4 is 11.2 Å². The van der Waals surface area contributed by atoms with Crippen molar-refractivity contribution < 1.29 is 19.7 Å². The number of rotatable bonds is 9. The van der Waals surface area contributed by atoms with Gasteiger partial charge in [-0.15, -0.1) is 0 Å². The number of benzene rings is 1. The van der Waals surface area contributed by atoms with Crippen LogP contribution in [0.1, 0.15) is 26.3 Å². The minimum absolute atomic E-state index is 0.00471. The maximum atomic E-state index is 10.4. The van der Waals surface area contributed by atoms with E-state index in [1.165, 1.54) is 0 Å². The molecule has 2 aliphatic heterocycles. The molecule has 2 fully saturated rings. The van der Waals surface area contributed by atoms with E-state index in [1.54, 1.807) is 0 Å². The van der Waals surface area contributed by atoms with Crippen molar-refractivity contribution in [2.75, 3.05) is 50.9 Å². The minimum Gasteiger partial charge on any atom is -0.394 e. The normalized spacial score (nSPS) is 20.0. The Labute approximate surface area is 212 Å². The molecule has 0 amide bonds. The number of anilines is 1. The molecule has 194 valence electrons. The molecule has 0 radical (unpaired) electrons. The molecule has 2 unspecified atom stereocenters. The van der Waals surface area contributed by atoms with E-state index in [-0.39, 0.29) is 18.8 Å². The van der Waals surface area contributed by atoms with Gasteiger partial charge in [0.1, 0.15) is 6.10 Å². The summed E-state index contributed by atoms with van der Waals surface area (Å²) in [6, 6.07) is 12.9. The number of aliphatic hydroxyl groups is 2. The van der Waals surface area contributed by atoms with Gasteiger partial charge in [-0.05, 0) is 44.0 Å². The van der Waals surface area contributed by atoms with E-state index in [9.17, 15) is 10.2 Å². The van der Waals surface area contributed by atoms with Gasteiger partial charge in [-0.25, -0.2) is 4.52 Å². The van der Waals surface area contributed by atoms with Gasteiger partial charge in [0.2, 0.25) is 6.41 Å². The van der Waals surface area contributed by atoms with Gasteiger partial charge in [0.25, 0.3) is 0 Å². The van der Waals surface area contributed by atoms with E-state index in [2.05, 4.69) is 71.8 Å². The average molecular weight is 496 g/mol. The summed E-state index contributed by atoms with van der Waals surface area (Å²) in [6.45, 7) is 10.3. The number of piperazine rings is 1. The summed E-state index contributed by atoms with van der Waals surface area (Å²) < 4.78 is 12.7. The zero-order valence-corrected chi connectivity index (χ0v) is 21.3. The second-order valence-electron chi connectivity index (χ2n) is 10.3. The Kier molecular flexibility index (Phi) is 7.30. The number of ether oxygens (including phenoxy) is 2. The number of aromatic nitrogens is 2. The first-order valence-corrected chi connectivity index (χ1v) is 12.7. The van der Waals surface area contributed by atoms with Crippen LogP contribution in [0.3, 0.4) is 0 Å². The van der Waals surface area contributed by atoms with E-state index in [0.717, 1.165) is 41.0 Å². The number of nitrogens with one attached hydrogen (secondary N) is 1. The van der Waals surface area contributed by atoms with Crippen molar-refractivity contribution in [1.82, 2.24) is 19.8 Å². The van der Waals surface area contributed by atoms with Crippen LogP contribution in [0, 0.1) is 0 Å². The molecule has 36 heavy (non-hydrogen) atoms. The number of aliphatic hydroxyl groups excluding tert-OH is 2. The van der Waals surface area contributed by atoms with Gasteiger partial charge in [-0.2, -0.15) is 5.10 Å². The fourth-order valence-electron chi connectivity index (χ4n) is 5.05. The van der Waals surface area contributed by atoms with Gasteiger partial charge >= 0.3 is 0 Å². The largest absolute Gasteiger partial charge is 0.394 e. The van der Waals surface area contributed by atoms with E-state index < -0.39 is 12.0 Å². The SMILES string of the molecule is CC(C)NC(C)(CO)c1ccc(-c2cc3c(N4CCN(C(O)OC5COC5)CC4)ccnn3c2)cc1. The van der Waals surface area contributed by atoms with E-state index in [4.69, 9.17) is 9.47 Å². The summed E-state index contributed by atoms with van der Waals surface area (Å²) in [5.74, 6) is 0. The number of hydrogen-bond acceptors (Lipinski definition) is 8. The molecule has 2 atom stereocenters. The number of nitrogens with zero attached hydrogens (tertiary/aromatic N) is 4. The van der Waals surface area contributed by atoms with Crippen molar-refractivity contribution in [3.63, 3.8) is 0 Å². The molecule has 2 saturated heterocycles. The molecular weight excluding hydrogens is 458 g/mol. The Balaban J connectivity index is 1.31. The second kappa shape index (κ2) is 10.5. The molecule has 0 spiro atoms. The van der Waals surface area contributed by atoms with E-state index >= 15 is 0 Å². The first kappa shape index (κ1) is 25.1. The molecule has 2 aromatic heterocycles. The highest BCUT2D eigenvalue weighted by molar-refractivity contribution is 5.80. The lowest BCUT2D eigenvalue weighted by Gasteiger charge is -2.39. The van der Waals surface area contributed by atoms with Crippen LogP contribution in [-0.2, 0) is 15.0 Å². The van der Waals surface area contributed by atoms with Crippen molar-refractivity contribution in [2.24, 2.45) is 0 Å². The van der Waals surface area contributed by atoms with Gasteiger partial charge in [-0.3, -0.25) is 4.90 Å². The van der Waals surface area contributed by atoms with Crippen LogP contribution in [0.5, 0.6) is 0 Å². The molecule has 9 heteroatoms. The van der Waals surface area contributed by atoms with Crippen LogP contribution in [-0.4, -0.2) is 89.3 Å². The molecule has 0 saturated carbocycles. The minimum atomic E-state index is -0.884. The molecule has 0 aliphatic carbocycles. The third kappa shape index (κ3) is 5.13. The molecule has 3 aromatic rings. The molecule has 5 rings (SSSR count). The van der Waals surface area contributed by atoms with Crippen LogP contribution >= 0.6 is 0 Å². The lowest BCUT2D eigenvalue weighted by Crippen LogP contribution is -2.53. The lowest BCUT2D eigenvalue weighted by molar-refractivity contribution is -0.262. The Morgan fingerprint density at radius 1 is 1.11 bits per heavy atom. The predicted octanol–water partition coefficient (Wildman–Crippen LogP) is 2.02. The zero-order valence-electron chi connectivity index (χ0n) is 21.3. The summed E-state index contributed by atoms with van der Waals surface area (Å²) in [4.78, 5) is 4.30. The molecule has 3 N–H and O–H groups in total. The van der Waals surface area contributed by atoms with Crippen LogP contribution < -0.4 is 10.2 Å². The Hall–Kier alpha value is -2.53. The quantitative estimate of drug-likeness (QED) is 0.388. The third-order valence-electron chi connectivity index (χ3n) is 7.15. The molecule has 9 nitrogen and oxygen atoms in total. The van der Waals surface area contributed by atoms with Gasteiger partial charge in [0.15, 0.2) is 0 Å². The Morgan fingerprint density at radius 3 is 2.44 bits per heavy atom. The second-order valence-corrected chi connectivity index (χ2v) is 10.3. The lowest BCUT2D eigenvalue weighted by atomic mass is 9.90. The summed E-state index contributed by atoms with van der Waals surface area (Å²) >= 11 is 0. The molecule has 4 heterocycles. The van der Waals surface area contributed by atoms with Crippen LogP contribution in [0.25, 0.3) is 16.6 Å². The Bertz CT molecular complexity index is 1150. The fraction of sp³-hybridized carbons (Fsp3) is 0.519. The topological polar surface area (TPSA) is 94.7 Å². The summed E-state index contributed by atoms with van der Waals surface area (Å²) in [5.41, 5.74) is 4.94. The molecule has 0 bridgehead atoms. The van der Waals surface area contributed by atoms with E-state index in [0.29, 0.717) is 26.3 Å². The summed E-state index contributed by atoms with van der Waals surface area (Å²) in [5, 5.41) is 28.4. The third-order valence-corrected chi connectivity index (χ3v) is 7.15. The molecule has 2 aliphatic rings. The molecule has 1 aromatic carbocycles. The maximum Gasteiger partial charge on any atom is 0.216 e. The van der Waals surface area contributed by atoms with E-state index in [1.807, 2.05) is 22.5 Å². The summed E-state index contributed by atoms with van der Waals surface area (Å²) in [7, 11) is 0. The predicted molar refractivity (Wildman–Crippen MR) is 139 cm³/mol. The highest BCUT2D eigenvalue weighted by Crippen LogP contribution is 2.30. The smallest absolute Gasteiger partial charge is 0.216 e. The first-order valence-electron chi connectivity index (χ1n) is 12.7.